The molecule has 0 unspecified atom stereocenters. The van der Waals surface area contributed by atoms with Crippen molar-refractivity contribution in [1.29, 1.82) is 0 Å². The molecule has 2 amide bonds. The van der Waals surface area contributed by atoms with Crippen molar-refractivity contribution >= 4 is 45.8 Å². The second kappa shape index (κ2) is 12.1. The van der Waals surface area contributed by atoms with Crippen LogP contribution < -0.4 is 10.6 Å². The fraction of sp³-hybridized carbons (Fsp3) is 0.286. The predicted octanol–water partition coefficient (Wildman–Crippen LogP) is 5.25. The maximum atomic E-state index is 14.7. The number of ether oxygens (including phenoxy) is 1. The molecule has 0 radical (unpaired) electrons. The SMILES string of the molecule is CO[C@@](C(=O)NCCC1(O)CN(C(=O)c2ccc(F)c(F)c2Nc2ccc(I)cc2F)C1)(c1ccccc1)C(F)(F)F. The zero-order chi connectivity index (χ0) is 30.9. The molecule has 14 heteroatoms. The highest BCUT2D eigenvalue weighted by molar-refractivity contribution is 14.1. The number of likely N-dealkylation sites (tertiary alicyclic amines) is 1. The summed E-state index contributed by atoms with van der Waals surface area (Å²) in [6.45, 7) is -1.02. The average molecular weight is 707 g/mol. The molecule has 0 bridgehead atoms. The highest BCUT2D eigenvalue weighted by atomic mass is 127. The van der Waals surface area contributed by atoms with Crippen molar-refractivity contribution in [3.05, 3.63) is 92.8 Å². The van der Waals surface area contributed by atoms with Crippen LogP contribution in [0.1, 0.15) is 22.3 Å². The Bertz CT molecular complexity index is 1480. The Labute approximate surface area is 250 Å². The van der Waals surface area contributed by atoms with Gasteiger partial charge in [-0.15, -0.1) is 0 Å². The molecule has 1 aliphatic heterocycles. The van der Waals surface area contributed by atoms with Crippen molar-refractivity contribution in [2.75, 3.05) is 32.1 Å². The summed E-state index contributed by atoms with van der Waals surface area (Å²) < 4.78 is 90.5. The van der Waals surface area contributed by atoms with E-state index in [-0.39, 0.29) is 30.8 Å². The van der Waals surface area contributed by atoms with Crippen molar-refractivity contribution in [3.63, 3.8) is 0 Å². The fourth-order valence-corrected chi connectivity index (χ4v) is 5.12. The van der Waals surface area contributed by atoms with Crippen LogP contribution in [0.4, 0.5) is 37.7 Å². The lowest BCUT2D eigenvalue weighted by Gasteiger charge is -2.46. The minimum atomic E-state index is -5.11. The maximum absolute atomic E-state index is 14.7. The Kier molecular flexibility index (Phi) is 9.08. The number of hydrogen-bond donors (Lipinski definition) is 3. The highest BCUT2D eigenvalue weighted by Gasteiger charge is 2.62. The van der Waals surface area contributed by atoms with Crippen LogP contribution in [0.5, 0.6) is 0 Å². The topological polar surface area (TPSA) is 90.9 Å². The molecule has 0 aromatic heterocycles. The minimum Gasteiger partial charge on any atom is -0.386 e. The van der Waals surface area contributed by atoms with E-state index in [0.717, 1.165) is 42.3 Å². The number of anilines is 2. The van der Waals surface area contributed by atoms with Gasteiger partial charge in [0.2, 0.25) is 0 Å². The number of β-amino-alcohol motifs (C(OH)–C–C–N with tert-alkyl or cyclic N) is 1. The third-order valence-corrected chi connectivity index (χ3v) is 7.53. The molecule has 42 heavy (non-hydrogen) atoms. The predicted molar refractivity (Wildman–Crippen MR) is 148 cm³/mol. The number of nitrogens with one attached hydrogen (secondary N) is 2. The van der Waals surface area contributed by atoms with E-state index in [4.69, 9.17) is 4.74 Å². The Balaban J connectivity index is 1.43. The molecule has 0 spiro atoms. The van der Waals surface area contributed by atoms with Crippen LogP contribution in [0, 0.1) is 21.0 Å². The largest absolute Gasteiger partial charge is 0.430 e. The van der Waals surface area contributed by atoms with Crippen LogP contribution >= 0.6 is 22.6 Å². The molecule has 3 N–H and O–H groups in total. The lowest BCUT2D eigenvalue weighted by Crippen LogP contribution is -2.64. The number of aliphatic hydroxyl groups is 1. The summed E-state index contributed by atoms with van der Waals surface area (Å²) >= 11 is 1.87. The molecule has 3 aromatic rings. The van der Waals surface area contributed by atoms with Gasteiger partial charge in [-0.2, -0.15) is 13.2 Å². The molecule has 3 aromatic carbocycles. The zero-order valence-electron chi connectivity index (χ0n) is 21.9. The molecular weight excluding hydrogens is 683 g/mol. The molecule has 4 rings (SSSR count). The number of benzene rings is 3. The first-order valence-electron chi connectivity index (χ1n) is 12.4. The summed E-state index contributed by atoms with van der Waals surface area (Å²) in [6, 6.07) is 12.1. The van der Waals surface area contributed by atoms with Gasteiger partial charge < -0.3 is 25.4 Å². The normalized spacial score (nSPS) is 15.9. The van der Waals surface area contributed by atoms with Crippen molar-refractivity contribution in [1.82, 2.24) is 10.2 Å². The third kappa shape index (κ3) is 6.06. The lowest BCUT2D eigenvalue weighted by molar-refractivity contribution is -0.265. The van der Waals surface area contributed by atoms with Crippen LogP contribution in [0.25, 0.3) is 0 Å². The molecule has 1 heterocycles. The van der Waals surface area contributed by atoms with Crippen LogP contribution in [0.15, 0.2) is 60.7 Å². The van der Waals surface area contributed by atoms with E-state index in [0.29, 0.717) is 3.57 Å². The zero-order valence-corrected chi connectivity index (χ0v) is 24.0. The van der Waals surface area contributed by atoms with E-state index in [9.17, 15) is 41.0 Å². The van der Waals surface area contributed by atoms with Gasteiger partial charge in [0.05, 0.1) is 30.0 Å². The summed E-state index contributed by atoms with van der Waals surface area (Å²) in [6.07, 6.45) is -5.34. The van der Waals surface area contributed by atoms with Gasteiger partial charge in [-0.3, -0.25) is 9.59 Å². The molecule has 0 aliphatic carbocycles. The Morgan fingerprint density at radius 3 is 2.29 bits per heavy atom. The van der Waals surface area contributed by atoms with E-state index in [1.165, 1.54) is 30.3 Å². The summed E-state index contributed by atoms with van der Waals surface area (Å²) in [7, 11) is 0.761. The van der Waals surface area contributed by atoms with Crippen molar-refractivity contribution < 1.29 is 45.8 Å². The molecule has 1 saturated heterocycles. The second-order valence-electron chi connectivity index (χ2n) is 9.67. The van der Waals surface area contributed by atoms with Gasteiger partial charge in [-0.25, -0.2) is 13.2 Å². The number of nitrogens with zero attached hydrogens (tertiary/aromatic N) is 1. The van der Waals surface area contributed by atoms with E-state index in [1.54, 1.807) is 0 Å². The molecule has 0 saturated carbocycles. The van der Waals surface area contributed by atoms with Gasteiger partial charge in [-0.05, 0) is 59.3 Å². The van der Waals surface area contributed by atoms with Gasteiger partial charge in [0, 0.05) is 22.8 Å². The van der Waals surface area contributed by atoms with Gasteiger partial charge >= 0.3 is 6.18 Å². The van der Waals surface area contributed by atoms with Gasteiger partial charge in [0.1, 0.15) is 11.4 Å². The Morgan fingerprint density at radius 1 is 1.02 bits per heavy atom. The first-order valence-corrected chi connectivity index (χ1v) is 13.5. The first kappa shape index (κ1) is 31.6. The Hall–Kier alpha value is -3.37. The number of carbonyl (C=O) groups is 2. The standard InChI is InChI=1S/C28H24F6IN3O4/c1-42-27(28(32,33)34,16-5-3-2-4-6-16)25(40)36-12-11-26(41)14-38(15-26)24(39)18-8-9-19(29)22(31)23(18)37-21-10-7-17(35)13-20(21)30/h2-10,13,37,41H,11-12,14-15H2,1H3,(H,36,40)/t27-/m1/s1. The monoisotopic (exact) mass is 707 g/mol. The van der Waals surface area contributed by atoms with E-state index in [2.05, 4.69) is 10.6 Å². The number of alkyl halides is 3. The third-order valence-electron chi connectivity index (χ3n) is 6.85. The molecular formula is C28H24F6IN3O4. The van der Waals surface area contributed by atoms with Crippen LogP contribution in [-0.4, -0.2) is 60.3 Å². The molecule has 7 nitrogen and oxygen atoms in total. The van der Waals surface area contributed by atoms with E-state index >= 15 is 0 Å². The second-order valence-corrected chi connectivity index (χ2v) is 10.9. The smallest absolute Gasteiger partial charge is 0.386 e. The number of carbonyl (C=O) groups excluding carboxylic acids is 2. The number of hydrogen-bond acceptors (Lipinski definition) is 5. The van der Waals surface area contributed by atoms with Crippen molar-refractivity contribution in [3.8, 4) is 0 Å². The summed E-state index contributed by atoms with van der Waals surface area (Å²) in [5, 5.41) is 15.4. The first-order chi connectivity index (χ1) is 19.7. The van der Waals surface area contributed by atoms with E-state index < -0.39 is 64.4 Å². The highest BCUT2D eigenvalue weighted by Crippen LogP contribution is 2.42. The number of rotatable bonds is 9. The van der Waals surface area contributed by atoms with Crippen molar-refractivity contribution in [2.45, 2.75) is 23.8 Å². The van der Waals surface area contributed by atoms with Crippen LogP contribution in [0.3, 0.4) is 0 Å². The van der Waals surface area contributed by atoms with Gasteiger partial charge in [0.15, 0.2) is 11.6 Å². The number of methoxy groups -OCH3 is 1. The van der Waals surface area contributed by atoms with Crippen molar-refractivity contribution in [2.24, 2.45) is 0 Å². The summed E-state index contributed by atoms with van der Waals surface area (Å²) in [5.41, 5.74) is -6.45. The van der Waals surface area contributed by atoms with Crippen LogP contribution in [-0.2, 0) is 15.1 Å². The van der Waals surface area contributed by atoms with Gasteiger partial charge in [0.25, 0.3) is 17.4 Å². The lowest BCUT2D eigenvalue weighted by atomic mass is 9.88. The maximum Gasteiger partial charge on any atom is 0.430 e. The van der Waals surface area contributed by atoms with Crippen LogP contribution in [0.2, 0.25) is 0 Å². The summed E-state index contributed by atoms with van der Waals surface area (Å²) in [5.74, 6) is -5.76. The molecule has 1 aliphatic rings. The quantitative estimate of drug-likeness (QED) is 0.209. The average Bonchev–Trinajstić information content (AvgIpc) is 2.91. The minimum absolute atomic E-state index is 0.202. The van der Waals surface area contributed by atoms with Gasteiger partial charge in [-0.1, -0.05) is 30.3 Å². The number of amides is 2. The van der Waals surface area contributed by atoms with E-state index in [1.807, 2.05) is 22.6 Å². The number of halogens is 7. The Morgan fingerprint density at radius 2 is 1.69 bits per heavy atom. The molecule has 1 fully saturated rings. The fourth-order valence-electron chi connectivity index (χ4n) is 4.67. The molecule has 1 atom stereocenters. The molecule has 224 valence electrons. The summed E-state index contributed by atoms with van der Waals surface area (Å²) in [4.78, 5) is 27.0.